The molecule has 2 fully saturated rings. The molecule has 0 bridgehead atoms. The number of sulfone groups is 1. The van der Waals surface area contributed by atoms with Crippen LogP contribution in [-0.2, 0) is 9.84 Å². The van der Waals surface area contributed by atoms with E-state index in [-0.39, 0.29) is 11.0 Å². The Morgan fingerprint density at radius 3 is 2.68 bits per heavy atom. The van der Waals surface area contributed by atoms with E-state index < -0.39 is 9.84 Å². The van der Waals surface area contributed by atoms with Crippen molar-refractivity contribution in [3.8, 4) is 11.9 Å². The molecule has 31 heavy (non-hydrogen) atoms. The molecule has 0 spiro atoms. The molecule has 0 aromatic carbocycles. The maximum Gasteiger partial charge on any atom is 0.356 e. The number of pyridine rings is 1. The lowest BCUT2D eigenvalue weighted by atomic mass is 9.91. The van der Waals surface area contributed by atoms with E-state index in [1.807, 2.05) is 13.8 Å². The standard InChI is InChI=1S/C21H30N4O5S/c1-14(2)29-20-23-21(30-24-20)25-9-6-15(7-10-25)18-12-16(18)8-11-28-19-5-4-17(13-22-19)31(3,26)27/h4-5,13-16,18H,6-12H2,1-3H3. The maximum absolute atomic E-state index is 11.5. The van der Waals surface area contributed by atoms with Crippen LogP contribution in [-0.4, -0.2) is 55.6 Å². The zero-order valence-electron chi connectivity index (χ0n) is 18.2. The number of ether oxygens (including phenoxy) is 2. The van der Waals surface area contributed by atoms with E-state index in [9.17, 15) is 8.42 Å². The van der Waals surface area contributed by atoms with Crippen LogP contribution in [0.5, 0.6) is 11.9 Å². The van der Waals surface area contributed by atoms with Gasteiger partial charge in [-0.3, -0.25) is 0 Å². The molecule has 2 aromatic rings. The number of hydrogen-bond donors (Lipinski definition) is 0. The summed E-state index contributed by atoms with van der Waals surface area (Å²) >= 11 is 0. The third-order valence-electron chi connectivity index (χ3n) is 6.01. The first-order chi connectivity index (χ1) is 14.8. The summed E-state index contributed by atoms with van der Waals surface area (Å²) in [7, 11) is -3.23. The van der Waals surface area contributed by atoms with Crippen LogP contribution in [0.25, 0.3) is 0 Å². The largest absolute Gasteiger partial charge is 0.478 e. The van der Waals surface area contributed by atoms with E-state index in [0.717, 1.165) is 44.2 Å². The van der Waals surface area contributed by atoms with Crippen molar-refractivity contribution in [2.75, 3.05) is 30.9 Å². The van der Waals surface area contributed by atoms with Crippen LogP contribution in [0, 0.1) is 17.8 Å². The van der Waals surface area contributed by atoms with Gasteiger partial charge in [0.25, 0.3) is 0 Å². The summed E-state index contributed by atoms with van der Waals surface area (Å²) in [5, 5.41) is 3.89. The van der Waals surface area contributed by atoms with E-state index >= 15 is 0 Å². The fourth-order valence-electron chi connectivity index (χ4n) is 4.28. The number of anilines is 1. The van der Waals surface area contributed by atoms with Gasteiger partial charge >= 0.3 is 12.0 Å². The van der Waals surface area contributed by atoms with Gasteiger partial charge in [-0.2, -0.15) is 0 Å². The molecule has 1 saturated heterocycles. The van der Waals surface area contributed by atoms with Crippen molar-refractivity contribution < 1.29 is 22.4 Å². The van der Waals surface area contributed by atoms with Crippen LogP contribution in [0.3, 0.4) is 0 Å². The van der Waals surface area contributed by atoms with E-state index in [1.165, 1.54) is 24.9 Å². The Morgan fingerprint density at radius 1 is 1.26 bits per heavy atom. The Bertz CT molecular complexity index is 968. The van der Waals surface area contributed by atoms with E-state index in [4.69, 9.17) is 14.0 Å². The van der Waals surface area contributed by atoms with Crippen molar-refractivity contribution in [2.45, 2.75) is 50.5 Å². The molecule has 1 aliphatic heterocycles. The fraction of sp³-hybridized carbons (Fsp3) is 0.667. The lowest BCUT2D eigenvalue weighted by Crippen LogP contribution is -2.34. The van der Waals surface area contributed by atoms with E-state index in [1.54, 1.807) is 6.07 Å². The Hall–Kier alpha value is -2.36. The molecule has 0 N–H and O–H groups in total. The smallest absolute Gasteiger partial charge is 0.356 e. The average Bonchev–Trinajstić information content (AvgIpc) is 3.35. The first-order valence-corrected chi connectivity index (χ1v) is 12.7. The molecule has 2 aromatic heterocycles. The molecule has 2 aliphatic rings. The predicted molar refractivity (Wildman–Crippen MR) is 114 cm³/mol. The van der Waals surface area contributed by atoms with Gasteiger partial charge in [-0.25, -0.2) is 13.4 Å². The van der Waals surface area contributed by atoms with Crippen molar-refractivity contribution in [1.82, 2.24) is 15.1 Å². The summed E-state index contributed by atoms with van der Waals surface area (Å²) in [4.78, 5) is 10.8. The molecule has 170 valence electrons. The molecule has 10 heteroatoms. The Morgan fingerprint density at radius 2 is 2.03 bits per heavy atom. The second-order valence-corrected chi connectivity index (χ2v) is 10.8. The molecule has 0 amide bonds. The first-order valence-electron chi connectivity index (χ1n) is 10.8. The van der Waals surface area contributed by atoms with Crippen LogP contribution in [0.4, 0.5) is 6.01 Å². The predicted octanol–water partition coefficient (Wildman–Crippen LogP) is 2.98. The van der Waals surface area contributed by atoms with Gasteiger partial charge in [0.1, 0.15) is 0 Å². The van der Waals surface area contributed by atoms with E-state index in [2.05, 4.69) is 20.0 Å². The quantitative estimate of drug-likeness (QED) is 0.569. The third-order valence-corrected chi connectivity index (χ3v) is 7.10. The Kier molecular flexibility index (Phi) is 6.36. The molecule has 2 unspecified atom stereocenters. The molecule has 9 nitrogen and oxygen atoms in total. The highest BCUT2D eigenvalue weighted by molar-refractivity contribution is 7.90. The summed E-state index contributed by atoms with van der Waals surface area (Å²) in [6, 6.07) is 4.00. The van der Waals surface area contributed by atoms with Gasteiger partial charge in [0.05, 0.1) is 17.6 Å². The van der Waals surface area contributed by atoms with Crippen molar-refractivity contribution in [1.29, 1.82) is 0 Å². The molecule has 2 atom stereocenters. The van der Waals surface area contributed by atoms with Gasteiger partial charge in [-0.1, -0.05) is 0 Å². The summed E-state index contributed by atoms with van der Waals surface area (Å²) in [5.74, 6) is 2.65. The minimum Gasteiger partial charge on any atom is -0.478 e. The van der Waals surface area contributed by atoms with Gasteiger partial charge in [-0.15, -0.1) is 4.98 Å². The zero-order valence-corrected chi connectivity index (χ0v) is 19.0. The average molecular weight is 451 g/mol. The molecular formula is C21H30N4O5S. The third kappa shape index (κ3) is 5.66. The van der Waals surface area contributed by atoms with Gasteiger partial charge in [0.2, 0.25) is 5.88 Å². The lowest BCUT2D eigenvalue weighted by molar-refractivity contribution is 0.212. The molecule has 4 rings (SSSR count). The van der Waals surface area contributed by atoms with Crippen molar-refractivity contribution >= 4 is 15.9 Å². The summed E-state index contributed by atoms with van der Waals surface area (Å²) in [5.41, 5.74) is 0. The number of rotatable bonds is 9. The monoisotopic (exact) mass is 450 g/mol. The molecule has 1 saturated carbocycles. The number of aromatic nitrogens is 3. The molecule has 3 heterocycles. The highest BCUT2D eigenvalue weighted by atomic mass is 32.2. The second-order valence-electron chi connectivity index (χ2n) is 8.75. The minimum atomic E-state index is -3.23. The molecule has 1 aliphatic carbocycles. The number of nitrogens with zero attached hydrogens (tertiary/aromatic N) is 4. The first kappa shape index (κ1) is 21.9. The lowest BCUT2D eigenvalue weighted by Gasteiger charge is -2.30. The van der Waals surface area contributed by atoms with Crippen LogP contribution in [0.2, 0.25) is 0 Å². The zero-order chi connectivity index (χ0) is 22.0. The van der Waals surface area contributed by atoms with Crippen molar-refractivity contribution in [3.05, 3.63) is 18.3 Å². The van der Waals surface area contributed by atoms with Gasteiger partial charge < -0.3 is 18.9 Å². The second kappa shape index (κ2) is 9.02. The minimum absolute atomic E-state index is 0.0228. The van der Waals surface area contributed by atoms with Gasteiger partial charge in [-0.05, 0) is 68.5 Å². The maximum atomic E-state index is 11.5. The normalized spacial score (nSPS) is 22.0. The van der Waals surface area contributed by atoms with Gasteiger partial charge in [0, 0.05) is 31.6 Å². The van der Waals surface area contributed by atoms with Crippen molar-refractivity contribution in [3.63, 3.8) is 0 Å². The highest BCUT2D eigenvalue weighted by Crippen LogP contribution is 2.49. The highest BCUT2D eigenvalue weighted by Gasteiger charge is 2.43. The molecule has 0 radical (unpaired) electrons. The number of piperidine rings is 1. The van der Waals surface area contributed by atoms with Crippen LogP contribution >= 0.6 is 0 Å². The van der Waals surface area contributed by atoms with E-state index in [0.29, 0.717) is 30.4 Å². The fourth-order valence-corrected chi connectivity index (χ4v) is 4.83. The number of hydrogen-bond acceptors (Lipinski definition) is 9. The van der Waals surface area contributed by atoms with Gasteiger partial charge in [0.15, 0.2) is 9.84 Å². The molecular weight excluding hydrogens is 420 g/mol. The summed E-state index contributed by atoms with van der Waals surface area (Å²) in [6.45, 7) is 6.31. The topological polar surface area (TPSA) is 108 Å². The Labute approximate surface area is 183 Å². The summed E-state index contributed by atoms with van der Waals surface area (Å²) in [6.07, 6.45) is 7.04. The van der Waals surface area contributed by atoms with Crippen LogP contribution in [0.1, 0.15) is 39.5 Å². The van der Waals surface area contributed by atoms with Crippen molar-refractivity contribution in [2.24, 2.45) is 17.8 Å². The van der Waals surface area contributed by atoms with Crippen LogP contribution in [0.15, 0.2) is 27.7 Å². The SMILES string of the molecule is CC(C)Oc1noc(N2CCC(C3CC3CCOc3ccc(S(C)(=O)=O)cn3)CC2)n1. The Balaban J connectivity index is 1.17. The van der Waals surface area contributed by atoms with Crippen LogP contribution < -0.4 is 14.4 Å². The summed E-state index contributed by atoms with van der Waals surface area (Å²) < 4.78 is 39.5.